The quantitative estimate of drug-likeness (QED) is 0.146. The maximum atomic E-state index is 2.30. The fraction of sp³-hybridized carbons (Fsp3) is 1.00. The molecule has 0 aromatic rings. The van der Waals surface area contributed by atoms with E-state index in [1.54, 1.807) is 0 Å². The van der Waals surface area contributed by atoms with Gasteiger partial charge in [0.2, 0.25) is 0 Å². The average Bonchev–Trinajstić information content (AvgIpc) is 2.68. The van der Waals surface area contributed by atoms with E-state index in [1.807, 2.05) is 0 Å². The lowest BCUT2D eigenvalue weighted by atomic mass is 10.0. The average molecular weight is 399 g/mol. The number of thioether (sulfide) groups is 1. The van der Waals surface area contributed by atoms with Crippen LogP contribution in [0.15, 0.2) is 0 Å². The van der Waals surface area contributed by atoms with E-state index in [2.05, 4.69) is 25.6 Å². The van der Waals surface area contributed by atoms with Crippen LogP contribution in [0.3, 0.4) is 0 Å². The van der Waals surface area contributed by atoms with Crippen molar-refractivity contribution < 1.29 is 0 Å². The number of unbranched alkanes of at least 4 members (excludes halogenated alkanes) is 20. The van der Waals surface area contributed by atoms with E-state index in [1.165, 1.54) is 153 Å². The first-order valence-electron chi connectivity index (χ1n) is 13.0. The van der Waals surface area contributed by atoms with Gasteiger partial charge in [0.05, 0.1) is 0 Å². The maximum Gasteiger partial charge on any atom is -0.00675 e. The zero-order valence-electron chi connectivity index (χ0n) is 19.4. The molecule has 1 heteroatoms. The molecule has 0 amide bonds. The van der Waals surface area contributed by atoms with Crippen LogP contribution in [0.2, 0.25) is 0 Å². The molecular weight excluding hydrogens is 344 g/mol. The van der Waals surface area contributed by atoms with E-state index in [0.29, 0.717) is 0 Å². The van der Waals surface area contributed by atoms with Crippen LogP contribution >= 0.6 is 11.8 Å². The summed E-state index contributed by atoms with van der Waals surface area (Å²) in [5.41, 5.74) is 0. The highest BCUT2D eigenvalue weighted by atomic mass is 32.2. The molecule has 0 atom stereocenters. The summed E-state index contributed by atoms with van der Waals surface area (Å²) in [5.74, 6) is 2.79. The molecule has 0 aliphatic carbocycles. The van der Waals surface area contributed by atoms with Crippen LogP contribution in [0.25, 0.3) is 0 Å². The highest BCUT2D eigenvalue weighted by Crippen LogP contribution is 2.15. The molecule has 0 saturated carbocycles. The summed E-state index contributed by atoms with van der Waals surface area (Å²) in [5, 5.41) is 0. The van der Waals surface area contributed by atoms with Crippen molar-refractivity contribution in [3.63, 3.8) is 0 Å². The third-order valence-corrected chi connectivity index (χ3v) is 6.94. The van der Waals surface area contributed by atoms with Gasteiger partial charge in [0.25, 0.3) is 0 Å². The van der Waals surface area contributed by atoms with Gasteiger partial charge in [0.15, 0.2) is 0 Å². The Balaban J connectivity index is 2.95. The molecule has 0 aliphatic heterocycles. The van der Waals surface area contributed by atoms with Crippen molar-refractivity contribution in [2.75, 3.05) is 11.5 Å². The van der Waals surface area contributed by atoms with E-state index in [-0.39, 0.29) is 0 Å². The Hall–Kier alpha value is 0.350. The number of hydrogen-bond acceptors (Lipinski definition) is 1. The first kappa shape index (κ1) is 27.4. The summed E-state index contributed by atoms with van der Waals surface area (Å²) >= 11 is 2.17. The molecule has 164 valence electrons. The zero-order chi connectivity index (χ0) is 19.7. The van der Waals surface area contributed by atoms with Crippen molar-refractivity contribution in [1.82, 2.24) is 0 Å². The van der Waals surface area contributed by atoms with Gasteiger partial charge in [0.1, 0.15) is 0 Å². The zero-order valence-corrected chi connectivity index (χ0v) is 20.2. The first-order chi connectivity index (χ1) is 13.4. The van der Waals surface area contributed by atoms with Gasteiger partial charge in [-0.25, -0.2) is 0 Å². The molecule has 0 unspecified atom stereocenters. The van der Waals surface area contributed by atoms with Gasteiger partial charge in [0, 0.05) is 0 Å². The summed E-state index contributed by atoms with van der Waals surface area (Å²) < 4.78 is 0. The van der Waals surface area contributed by atoms with Crippen LogP contribution < -0.4 is 0 Å². The lowest BCUT2D eigenvalue weighted by Crippen LogP contribution is -1.86. The van der Waals surface area contributed by atoms with E-state index in [4.69, 9.17) is 0 Å². The first-order valence-corrected chi connectivity index (χ1v) is 14.1. The van der Waals surface area contributed by atoms with Crippen molar-refractivity contribution in [1.29, 1.82) is 0 Å². The second-order valence-electron chi connectivity index (χ2n) is 8.68. The van der Waals surface area contributed by atoms with Gasteiger partial charge in [-0.2, -0.15) is 11.8 Å². The van der Waals surface area contributed by atoms with Gasteiger partial charge >= 0.3 is 0 Å². The fourth-order valence-corrected chi connectivity index (χ4v) is 4.91. The largest absolute Gasteiger partial charge is 0.162 e. The maximum absolute atomic E-state index is 2.30. The summed E-state index contributed by atoms with van der Waals surface area (Å²) in [7, 11) is 0. The third-order valence-electron chi connectivity index (χ3n) is 5.78. The lowest BCUT2D eigenvalue weighted by Gasteiger charge is -2.04. The van der Waals surface area contributed by atoms with Crippen LogP contribution in [-0.2, 0) is 0 Å². The summed E-state index contributed by atoms with van der Waals surface area (Å²) in [4.78, 5) is 0. The summed E-state index contributed by atoms with van der Waals surface area (Å²) in [6, 6.07) is 0. The topological polar surface area (TPSA) is 0 Å². The Morgan fingerprint density at radius 3 is 0.889 bits per heavy atom. The normalized spacial score (nSPS) is 11.3. The molecule has 0 N–H and O–H groups in total. The predicted molar refractivity (Wildman–Crippen MR) is 130 cm³/mol. The second kappa shape index (κ2) is 26.4. The van der Waals surface area contributed by atoms with Crippen molar-refractivity contribution in [2.45, 2.75) is 155 Å². The minimum atomic E-state index is 1.35. The molecule has 0 radical (unpaired) electrons. The predicted octanol–water partition coefficient (Wildman–Crippen LogP) is 10.3. The van der Waals surface area contributed by atoms with Crippen LogP contribution in [0.4, 0.5) is 0 Å². The molecule has 0 fully saturated rings. The Labute approximate surface area is 178 Å². The SMILES string of the molecule is CCCCCCCCCCCCCCCCCCCCCCSCCCC. The Morgan fingerprint density at radius 1 is 0.296 bits per heavy atom. The highest BCUT2D eigenvalue weighted by Gasteiger charge is 1.95. The molecule has 27 heavy (non-hydrogen) atoms. The van der Waals surface area contributed by atoms with E-state index in [9.17, 15) is 0 Å². The molecule has 0 aromatic carbocycles. The van der Waals surface area contributed by atoms with Gasteiger partial charge < -0.3 is 0 Å². The van der Waals surface area contributed by atoms with Gasteiger partial charge in [-0.1, -0.05) is 142 Å². The molecule has 0 aromatic heterocycles. The van der Waals surface area contributed by atoms with Crippen LogP contribution in [-0.4, -0.2) is 11.5 Å². The minimum Gasteiger partial charge on any atom is -0.162 e. The molecule has 0 heterocycles. The summed E-state index contributed by atoms with van der Waals surface area (Å²) in [6.45, 7) is 4.59. The van der Waals surface area contributed by atoms with Gasteiger partial charge in [-0.05, 0) is 24.3 Å². The Morgan fingerprint density at radius 2 is 0.556 bits per heavy atom. The van der Waals surface area contributed by atoms with Crippen molar-refractivity contribution in [3.8, 4) is 0 Å². The van der Waals surface area contributed by atoms with Crippen LogP contribution in [0, 0.1) is 0 Å². The van der Waals surface area contributed by atoms with E-state index in [0.717, 1.165) is 0 Å². The molecule has 0 aliphatic rings. The smallest absolute Gasteiger partial charge is 0.00675 e. The third kappa shape index (κ3) is 26.4. The number of hydrogen-bond donors (Lipinski definition) is 0. The highest BCUT2D eigenvalue weighted by molar-refractivity contribution is 7.99. The minimum absolute atomic E-state index is 1.35. The molecule has 0 saturated heterocycles. The van der Waals surface area contributed by atoms with Crippen LogP contribution in [0.1, 0.15) is 155 Å². The van der Waals surface area contributed by atoms with Crippen molar-refractivity contribution in [3.05, 3.63) is 0 Å². The molecule has 0 rings (SSSR count). The second-order valence-corrected chi connectivity index (χ2v) is 9.91. The van der Waals surface area contributed by atoms with Gasteiger partial charge in [-0.3, -0.25) is 0 Å². The summed E-state index contributed by atoms with van der Waals surface area (Å²) in [6.07, 6.45) is 32.3. The van der Waals surface area contributed by atoms with E-state index >= 15 is 0 Å². The molecule has 0 spiro atoms. The molecular formula is C26H54S. The lowest BCUT2D eigenvalue weighted by molar-refractivity contribution is 0.523. The fourth-order valence-electron chi connectivity index (χ4n) is 3.81. The standard InChI is InChI=1S/C26H54S/c1-3-5-7-8-9-10-11-12-13-14-15-16-17-18-19-20-21-22-23-24-26-27-25-6-4-2/h3-26H2,1-2H3. The van der Waals surface area contributed by atoms with Crippen molar-refractivity contribution in [2.24, 2.45) is 0 Å². The Kier molecular flexibility index (Phi) is 26.7. The monoisotopic (exact) mass is 398 g/mol. The molecule has 0 bridgehead atoms. The van der Waals surface area contributed by atoms with Gasteiger partial charge in [-0.15, -0.1) is 0 Å². The Bertz CT molecular complexity index is 214. The van der Waals surface area contributed by atoms with Crippen LogP contribution in [0.5, 0.6) is 0 Å². The van der Waals surface area contributed by atoms with E-state index < -0.39 is 0 Å². The van der Waals surface area contributed by atoms with Crippen molar-refractivity contribution >= 4 is 11.8 Å². The number of rotatable bonds is 24. The molecule has 0 nitrogen and oxygen atoms in total.